The molecule has 0 aliphatic carbocycles. The molecule has 0 atom stereocenters. The Balaban J connectivity index is 1.31. The highest BCUT2D eigenvalue weighted by atomic mass is 16.5. The molecule has 3 aromatic rings. The molecule has 164 valence electrons. The van der Waals surface area contributed by atoms with Crippen molar-refractivity contribution >= 4 is 17.5 Å². The summed E-state index contributed by atoms with van der Waals surface area (Å²) >= 11 is 0. The van der Waals surface area contributed by atoms with Gasteiger partial charge in [-0.05, 0) is 54.3 Å². The van der Waals surface area contributed by atoms with Gasteiger partial charge in [-0.25, -0.2) is 0 Å². The van der Waals surface area contributed by atoms with Gasteiger partial charge in [0.1, 0.15) is 5.75 Å². The zero-order valence-electron chi connectivity index (χ0n) is 18.1. The van der Waals surface area contributed by atoms with Gasteiger partial charge in [-0.3, -0.25) is 9.59 Å². The van der Waals surface area contributed by atoms with E-state index in [4.69, 9.17) is 4.74 Å². The van der Waals surface area contributed by atoms with Crippen molar-refractivity contribution in [3.63, 3.8) is 0 Å². The number of anilines is 1. The highest BCUT2D eigenvalue weighted by Gasteiger charge is 2.17. The van der Waals surface area contributed by atoms with Crippen molar-refractivity contribution in [3.05, 3.63) is 84.4 Å². The van der Waals surface area contributed by atoms with Gasteiger partial charge in [-0.2, -0.15) is 0 Å². The van der Waals surface area contributed by atoms with Gasteiger partial charge >= 0.3 is 0 Å². The van der Waals surface area contributed by atoms with Crippen molar-refractivity contribution in [2.24, 2.45) is 0 Å². The lowest BCUT2D eigenvalue weighted by Gasteiger charge is -2.20. The molecule has 1 heterocycles. The van der Waals surface area contributed by atoms with E-state index in [2.05, 4.69) is 17.4 Å². The summed E-state index contributed by atoms with van der Waals surface area (Å²) in [4.78, 5) is 27.1. The van der Waals surface area contributed by atoms with E-state index in [1.807, 2.05) is 47.4 Å². The van der Waals surface area contributed by atoms with E-state index in [1.165, 1.54) is 12.8 Å². The number of nitrogens with zero attached hydrogens (tertiary/aromatic N) is 1. The summed E-state index contributed by atoms with van der Waals surface area (Å²) in [5.74, 6) is 0.388. The molecule has 0 unspecified atom stereocenters. The third-order valence-corrected chi connectivity index (χ3v) is 5.62. The molecule has 1 aliphatic heterocycles. The van der Waals surface area contributed by atoms with Gasteiger partial charge in [0.05, 0.1) is 0 Å². The molecule has 3 aromatic carbocycles. The number of nitrogens with one attached hydrogen (secondary N) is 1. The maximum atomic E-state index is 12.8. The number of carbonyl (C=O) groups is 2. The van der Waals surface area contributed by atoms with Crippen LogP contribution in [0.4, 0.5) is 5.69 Å². The number of hydrogen-bond acceptors (Lipinski definition) is 3. The molecule has 0 aromatic heterocycles. The largest absolute Gasteiger partial charge is 0.484 e. The Bertz CT molecular complexity index is 1040. The lowest BCUT2D eigenvalue weighted by Crippen LogP contribution is -2.31. The minimum atomic E-state index is -0.267. The maximum absolute atomic E-state index is 12.8. The molecule has 0 bridgehead atoms. The number of rotatable bonds is 6. The number of benzene rings is 3. The minimum Gasteiger partial charge on any atom is -0.484 e. The zero-order chi connectivity index (χ0) is 22.2. The molecule has 4 rings (SSSR count). The first-order valence-electron chi connectivity index (χ1n) is 11.2. The van der Waals surface area contributed by atoms with E-state index in [-0.39, 0.29) is 18.4 Å². The molecule has 32 heavy (non-hydrogen) atoms. The fourth-order valence-electron chi connectivity index (χ4n) is 3.91. The van der Waals surface area contributed by atoms with Gasteiger partial charge in [0.15, 0.2) is 6.61 Å². The number of hydrogen-bond donors (Lipinski definition) is 1. The number of likely N-dealkylation sites (tertiary alicyclic amines) is 1. The third-order valence-electron chi connectivity index (χ3n) is 5.62. The Kier molecular flexibility index (Phi) is 7.18. The lowest BCUT2D eigenvalue weighted by atomic mass is 10.1. The molecule has 5 heteroatoms. The third kappa shape index (κ3) is 5.76. The van der Waals surface area contributed by atoms with E-state index in [0.717, 1.165) is 37.1 Å². The van der Waals surface area contributed by atoms with Crippen LogP contribution in [0.5, 0.6) is 5.75 Å². The first-order chi connectivity index (χ1) is 15.7. The Labute approximate surface area is 189 Å². The van der Waals surface area contributed by atoms with Gasteiger partial charge in [-0.1, -0.05) is 61.4 Å². The number of amides is 2. The van der Waals surface area contributed by atoms with E-state index >= 15 is 0 Å². The molecule has 5 nitrogen and oxygen atoms in total. The predicted molar refractivity (Wildman–Crippen MR) is 127 cm³/mol. The van der Waals surface area contributed by atoms with Crippen molar-refractivity contribution in [2.75, 3.05) is 25.0 Å². The smallest absolute Gasteiger partial charge is 0.262 e. The van der Waals surface area contributed by atoms with E-state index in [0.29, 0.717) is 17.0 Å². The van der Waals surface area contributed by atoms with Crippen LogP contribution in [0.1, 0.15) is 36.0 Å². The second-order valence-corrected chi connectivity index (χ2v) is 8.01. The quantitative estimate of drug-likeness (QED) is 0.573. The van der Waals surface area contributed by atoms with Gasteiger partial charge in [0.25, 0.3) is 11.8 Å². The first-order valence-corrected chi connectivity index (χ1v) is 11.2. The maximum Gasteiger partial charge on any atom is 0.262 e. The molecule has 1 aliphatic rings. The van der Waals surface area contributed by atoms with Crippen LogP contribution in [0.25, 0.3) is 11.1 Å². The van der Waals surface area contributed by atoms with Crippen LogP contribution >= 0.6 is 0 Å². The molecule has 0 saturated carbocycles. The van der Waals surface area contributed by atoms with Crippen LogP contribution in [0.15, 0.2) is 78.9 Å². The summed E-state index contributed by atoms with van der Waals surface area (Å²) in [6.07, 6.45) is 4.45. The molecule has 1 N–H and O–H groups in total. The molecule has 0 radical (unpaired) electrons. The van der Waals surface area contributed by atoms with Gasteiger partial charge in [0, 0.05) is 24.3 Å². The number of carbonyl (C=O) groups excluding carboxylic acids is 2. The first kappa shape index (κ1) is 21.6. The predicted octanol–water partition coefficient (Wildman–Crippen LogP) is 5.39. The van der Waals surface area contributed by atoms with E-state index in [9.17, 15) is 9.59 Å². The van der Waals surface area contributed by atoms with Crippen LogP contribution in [0, 0.1) is 0 Å². The Hall–Kier alpha value is -3.60. The molecule has 0 spiro atoms. The van der Waals surface area contributed by atoms with E-state index in [1.54, 1.807) is 24.3 Å². The lowest BCUT2D eigenvalue weighted by molar-refractivity contribution is -0.118. The Morgan fingerprint density at radius 3 is 2.19 bits per heavy atom. The van der Waals surface area contributed by atoms with Crippen molar-refractivity contribution in [3.8, 4) is 16.9 Å². The van der Waals surface area contributed by atoms with Crippen molar-refractivity contribution < 1.29 is 14.3 Å². The summed E-state index contributed by atoms with van der Waals surface area (Å²) in [6.45, 7) is 1.49. The molecule has 1 fully saturated rings. The Morgan fingerprint density at radius 1 is 0.781 bits per heavy atom. The topological polar surface area (TPSA) is 58.6 Å². The molecule has 2 amide bonds. The van der Waals surface area contributed by atoms with Crippen molar-refractivity contribution in [1.82, 2.24) is 4.90 Å². The second-order valence-electron chi connectivity index (χ2n) is 8.01. The summed E-state index contributed by atoms with van der Waals surface area (Å²) in [7, 11) is 0. The second kappa shape index (κ2) is 10.6. The molecule has 1 saturated heterocycles. The van der Waals surface area contributed by atoms with Crippen LogP contribution in [-0.2, 0) is 4.79 Å². The van der Waals surface area contributed by atoms with Crippen molar-refractivity contribution in [2.45, 2.75) is 25.7 Å². The van der Waals surface area contributed by atoms with Crippen LogP contribution in [0.3, 0.4) is 0 Å². The standard InChI is InChI=1S/C27H28N2O3/c30-26(20-32-25-15-13-22(14-16-25)21-9-4-3-5-10-21)28-24-12-8-11-23(19-24)27(31)29-17-6-1-2-7-18-29/h3-5,8-16,19H,1-2,6-7,17-18,20H2,(H,28,30). The van der Waals surface area contributed by atoms with Crippen LogP contribution < -0.4 is 10.1 Å². The molecular weight excluding hydrogens is 400 g/mol. The van der Waals surface area contributed by atoms with E-state index < -0.39 is 0 Å². The highest BCUT2D eigenvalue weighted by Crippen LogP contribution is 2.22. The average molecular weight is 429 g/mol. The zero-order valence-corrected chi connectivity index (χ0v) is 18.1. The fraction of sp³-hybridized carbons (Fsp3) is 0.259. The molecular formula is C27H28N2O3. The highest BCUT2D eigenvalue weighted by molar-refractivity contribution is 5.97. The SMILES string of the molecule is O=C(COc1ccc(-c2ccccc2)cc1)Nc1cccc(C(=O)N2CCCCCC2)c1. The normalized spacial score (nSPS) is 13.8. The Morgan fingerprint density at radius 2 is 1.47 bits per heavy atom. The summed E-state index contributed by atoms with van der Waals surface area (Å²) in [6, 6.07) is 24.9. The van der Waals surface area contributed by atoms with Crippen molar-refractivity contribution in [1.29, 1.82) is 0 Å². The van der Waals surface area contributed by atoms with Crippen LogP contribution in [0.2, 0.25) is 0 Å². The monoisotopic (exact) mass is 428 g/mol. The summed E-state index contributed by atoms with van der Waals surface area (Å²) in [5, 5.41) is 2.83. The minimum absolute atomic E-state index is 0.0257. The van der Waals surface area contributed by atoms with Gasteiger partial charge in [-0.15, -0.1) is 0 Å². The fourth-order valence-corrected chi connectivity index (χ4v) is 3.91. The van der Waals surface area contributed by atoms with Crippen LogP contribution in [-0.4, -0.2) is 36.4 Å². The van der Waals surface area contributed by atoms with Gasteiger partial charge in [0.2, 0.25) is 0 Å². The summed E-state index contributed by atoms with van der Waals surface area (Å²) < 4.78 is 5.63. The summed E-state index contributed by atoms with van der Waals surface area (Å²) in [5.41, 5.74) is 3.42. The average Bonchev–Trinajstić information content (AvgIpc) is 3.13. The number of ether oxygens (including phenoxy) is 1. The van der Waals surface area contributed by atoms with Gasteiger partial charge < -0.3 is 15.0 Å².